The fraction of sp³-hybridized carbons (Fsp3) is 0.929. The average Bonchev–Trinajstić information content (AvgIpc) is 2.39. The fourth-order valence-corrected chi connectivity index (χ4v) is 3.22. The molecule has 19 heavy (non-hydrogen) atoms. The number of carbonyl (C=O) groups is 1. The molecule has 5 heteroatoms. The molecule has 1 unspecified atom stereocenters. The van der Waals surface area contributed by atoms with Gasteiger partial charge in [0.05, 0.1) is 13.2 Å². The minimum atomic E-state index is -0.746. The van der Waals surface area contributed by atoms with Crippen molar-refractivity contribution in [1.82, 2.24) is 9.80 Å². The molecule has 2 aliphatic heterocycles. The summed E-state index contributed by atoms with van der Waals surface area (Å²) in [4.78, 5) is 15.9. The standard InChI is InChI=1S/C14H26N2O3/c1-11(2)9-15-5-3-12(4-6-15)16-7-8-19-10-13(16)14(17)18/h11-13H,3-10H2,1-2H3,(H,17,18). The van der Waals surface area contributed by atoms with Crippen LogP contribution in [0.25, 0.3) is 0 Å². The Hall–Kier alpha value is -0.650. The van der Waals surface area contributed by atoms with Gasteiger partial charge in [0, 0.05) is 19.1 Å². The van der Waals surface area contributed by atoms with E-state index in [9.17, 15) is 9.90 Å². The molecule has 1 N–H and O–H groups in total. The van der Waals surface area contributed by atoms with Crippen LogP contribution in [0, 0.1) is 5.92 Å². The maximum absolute atomic E-state index is 11.3. The third-order valence-corrected chi connectivity index (χ3v) is 4.10. The van der Waals surface area contributed by atoms with Crippen LogP contribution >= 0.6 is 0 Å². The van der Waals surface area contributed by atoms with Crippen molar-refractivity contribution in [1.29, 1.82) is 0 Å². The molecule has 2 rings (SSSR count). The van der Waals surface area contributed by atoms with Gasteiger partial charge in [-0.1, -0.05) is 13.8 Å². The Morgan fingerprint density at radius 3 is 2.58 bits per heavy atom. The molecule has 0 amide bonds. The number of hydrogen-bond donors (Lipinski definition) is 1. The van der Waals surface area contributed by atoms with E-state index in [1.165, 1.54) is 0 Å². The summed E-state index contributed by atoms with van der Waals surface area (Å²) in [6, 6.07) is -0.0381. The van der Waals surface area contributed by atoms with E-state index in [0.717, 1.165) is 39.0 Å². The van der Waals surface area contributed by atoms with Crippen LogP contribution in [0.15, 0.2) is 0 Å². The minimum Gasteiger partial charge on any atom is -0.480 e. The zero-order valence-electron chi connectivity index (χ0n) is 12.0. The summed E-state index contributed by atoms with van der Waals surface area (Å²) in [5.74, 6) is -0.0454. The molecule has 0 saturated carbocycles. The third kappa shape index (κ3) is 3.91. The number of aliphatic carboxylic acids is 1. The molecule has 0 radical (unpaired) electrons. The highest BCUT2D eigenvalue weighted by Crippen LogP contribution is 2.21. The molecule has 0 aliphatic carbocycles. The van der Waals surface area contributed by atoms with Gasteiger partial charge in [-0.2, -0.15) is 0 Å². The average molecular weight is 270 g/mol. The second-order valence-corrected chi connectivity index (χ2v) is 6.09. The first-order valence-corrected chi connectivity index (χ1v) is 7.36. The zero-order valence-corrected chi connectivity index (χ0v) is 12.0. The number of nitrogens with zero attached hydrogens (tertiary/aromatic N) is 2. The number of carboxylic acid groups (broad SMARTS) is 1. The summed E-state index contributed by atoms with van der Waals surface area (Å²) < 4.78 is 5.31. The van der Waals surface area contributed by atoms with Crippen molar-refractivity contribution in [2.75, 3.05) is 39.4 Å². The molecular formula is C14H26N2O3. The minimum absolute atomic E-state index is 0.335. The molecule has 1 atom stereocenters. The van der Waals surface area contributed by atoms with E-state index in [1.54, 1.807) is 0 Å². The van der Waals surface area contributed by atoms with Gasteiger partial charge in [-0.3, -0.25) is 9.69 Å². The van der Waals surface area contributed by atoms with Gasteiger partial charge in [-0.05, 0) is 31.8 Å². The Balaban J connectivity index is 1.87. The summed E-state index contributed by atoms with van der Waals surface area (Å²) in [5.41, 5.74) is 0. The van der Waals surface area contributed by atoms with E-state index in [1.807, 2.05) is 0 Å². The van der Waals surface area contributed by atoms with Crippen LogP contribution in [0.2, 0.25) is 0 Å². The van der Waals surface area contributed by atoms with Gasteiger partial charge in [0.1, 0.15) is 6.04 Å². The quantitative estimate of drug-likeness (QED) is 0.822. The van der Waals surface area contributed by atoms with Crippen LogP contribution in [0.4, 0.5) is 0 Å². The third-order valence-electron chi connectivity index (χ3n) is 4.10. The lowest BCUT2D eigenvalue weighted by Crippen LogP contribution is -2.56. The number of carboxylic acids is 1. The number of likely N-dealkylation sites (tertiary alicyclic amines) is 1. The zero-order chi connectivity index (χ0) is 13.8. The van der Waals surface area contributed by atoms with Gasteiger partial charge in [0.25, 0.3) is 0 Å². The van der Waals surface area contributed by atoms with Crippen LogP contribution in [-0.4, -0.2) is 72.4 Å². The van der Waals surface area contributed by atoms with Crippen molar-refractivity contribution in [2.24, 2.45) is 5.92 Å². The Morgan fingerprint density at radius 1 is 1.32 bits per heavy atom. The van der Waals surface area contributed by atoms with Gasteiger partial charge in [-0.15, -0.1) is 0 Å². The number of piperidine rings is 1. The Morgan fingerprint density at radius 2 is 2.00 bits per heavy atom. The van der Waals surface area contributed by atoms with Gasteiger partial charge in [0.15, 0.2) is 0 Å². The maximum Gasteiger partial charge on any atom is 0.323 e. The Bertz CT molecular complexity index is 301. The van der Waals surface area contributed by atoms with Gasteiger partial charge >= 0.3 is 5.97 Å². The van der Waals surface area contributed by atoms with E-state index in [-0.39, 0.29) is 0 Å². The number of ether oxygens (including phenoxy) is 1. The molecular weight excluding hydrogens is 244 g/mol. The predicted octanol–water partition coefficient (Wildman–Crippen LogP) is 0.892. The highest BCUT2D eigenvalue weighted by Gasteiger charge is 2.35. The molecule has 5 nitrogen and oxygen atoms in total. The van der Waals surface area contributed by atoms with Gasteiger partial charge in [-0.25, -0.2) is 0 Å². The molecule has 0 spiro atoms. The van der Waals surface area contributed by atoms with Crippen molar-refractivity contribution in [3.63, 3.8) is 0 Å². The first-order chi connectivity index (χ1) is 9.08. The van der Waals surface area contributed by atoms with Crippen LogP contribution in [0.5, 0.6) is 0 Å². The topological polar surface area (TPSA) is 53.0 Å². The lowest BCUT2D eigenvalue weighted by molar-refractivity contribution is -0.152. The first-order valence-electron chi connectivity index (χ1n) is 7.36. The molecule has 2 aliphatic rings. The maximum atomic E-state index is 11.3. The summed E-state index contributed by atoms with van der Waals surface area (Å²) in [6.45, 7) is 9.57. The molecule has 0 bridgehead atoms. The Kier molecular flexibility index (Phi) is 5.19. The van der Waals surface area contributed by atoms with Crippen molar-refractivity contribution in [3.8, 4) is 0 Å². The number of hydrogen-bond acceptors (Lipinski definition) is 4. The second kappa shape index (κ2) is 6.68. The molecule has 2 saturated heterocycles. The van der Waals surface area contributed by atoms with Crippen molar-refractivity contribution in [2.45, 2.75) is 38.8 Å². The summed E-state index contributed by atoms with van der Waals surface area (Å²) in [5, 5.41) is 9.28. The molecule has 110 valence electrons. The second-order valence-electron chi connectivity index (χ2n) is 6.09. The van der Waals surface area contributed by atoms with E-state index in [2.05, 4.69) is 23.6 Å². The molecule has 0 aromatic heterocycles. The Labute approximate surface area is 115 Å². The SMILES string of the molecule is CC(C)CN1CCC(N2CCOCC2C(=O)O)CC1. The van der Waals surface area contributed by atoms with E-state index >= 15 is 0 Å². The van der Waals surface area contributed by atoms with Crippen molar-refractivity contribution < 1.29 is 14.6 Å². The van der Waals surface area contributed by atoms with Crippen LogP contribution in [0.1, 0.15) is 26.7 Å². The fourth-order valence-electron chi connectivity index (χ4n) is 3.22. The summed E-state index contributed by atoms with van der Waals surface area (Å²) in [6.07, 6.45) is 2.16. The van der Waals surface area contributed by atoms with Crippen LogP contribution < -0.4 is 0 Å². The highest BCUT2D eigenvalue weighted by atomic mass is 16.5. The number of rotatable bonds is 4. The van der Waals surface area contributed by atoms with Gasteiger partial charge < -0.3 is 14.7 Å². The molecule has 2 fully saturated rings. The monoisotopic (exact) mass is 270 g/mol. The number of morpholine rings is 1. The molecule has 0 aromatic rings. The smallest absolute Gasteiger partial charge is 0.323 e. The highest BCUT2D eigenvalue weighted by molar-refractivity contribution is 5.73. The van der Waals surface area contributed by atoms with E-state index in [4.69, 9.17) is 4.74 Å². The summed E-state index contributed by atoms with van der Waals surface area (Å²) >= 11 is 0. The van der Waals surface area contributed by atoms with Crippen LogP contribution in [-0.2, 0) is 9.53 Å². The molecule has 2 heterocycles. The van der Waals surface area contributed by atoms with E-state index in [0.29, 0.717) is 25.2 Å². The normalized spacial score (nSPS) is 27.8. The van der Waals surface area contributed by atoms with E-state index < -0.39 is 12.0 Å². The first kappa shape index (κ1) is 14.8. The van der Waals surface area contributed by atoms with Crippen molar-refractivity contribution in [3.05, 3.63) is 0 Å². The predicted molar refractivity (Wildman–Crippen MR) is 73.2 cm³/mol. The largest absolute Gasteiger partial charge is 0.480 e. The lowest BCUT2D eigenvalue weighted by Gasteiger charge is -2.43. The molecule has 0 aromatic carbocycles. The lowest BCUT2D eigenvalue weighted by atomic mass is 9.99. The van der Waals surface area contributed by atoms with Crippen molar-refractivity contribution >= 4 is 5.97 Å². The van der Waals surface area contributed by atoms with Crippen LogP contribution in [0.3, 0.4) is 0 Å². The summed E-state index contributed by atoms with van der Waals surface area (Å²) in [7, 11) is 0. The van der Waals surface area contributed by atoms with Gasteiger partial charge in [0.2, 0.25) is 0 Å².